The molecule has 0 bridgehead atoms. The summed E-state index contributed by atoms with van der Waals surface area (Å²) in [6.45, 7) is 10.6. The summed E-state index contributed by atoms with van der Waals surface area (Å²) in [5, 5.41) is 3.40. The monoisotopic (exact) mass is 381 g/mol. The number of aryl methyl sites for hydroxylation is 2. The number of likely N-dealkylation sites (N-methyl/N-ethyl adjacent to an activating group) is 1. The first-order valence-corrected chi connectivity index (χ1v) is 10.6. The fraction of sp³-hybridized carbons (Fsp3) is 0.476. The molecule has 4 heterocycles. The zero-order valence-corrected chi connectivity index (χ0v) is 17.2. The summed E-state index contributed by atoms with van der Waals surface area (Å²) >= 11 is 1.72. The highest BCUT2D eigenvalue weighted by molar-refractivity contribution is 7.17. The largest absolute Gasteiger partial charge is 0.350 e. The van der Waals surface area contributed by atoms with Gasteiger partial charge in [-0.3, -0.25) is 9.88 Å². The van der Waals surface area contributed by atoms with Gasteiger partial charge >= 0.3 is 0 Å². The lowest BCUT2D eigenvalue weighted by molar-refractivity contribution is 0.268. The third kappa shape index (κ3) is 3.82. The van der Waals surface area contributed by atoms with Crippen LogP contribution in [0.4, 0.5) is 5.82 Å². The Labute approximate surface area is 165 Å². The maximum Gasteiger partial charge on any atom is 0.141 e. The van der Waals surface area contributed by atoms with Crippen LogP contribution in [-0.2, 0) is 6.54 Å². The van der Waals surface area contributed by atoms with Gasteiger partial charge in [0.1, 0.15) is 16.5 Å². The maximum absolute atomic E-state index is 4.91. The van der Waals surface area contributed by atoms with Crippen LogP contribution in [0.3, 0.4) is 0 Å². The van der Waals surface area contributed by atoms with E-state index in [-0.39, 0.29) is 0 Å². The summed E-state index contributed by atoms with van der Waals surface area (Å²) in [6, 6.07) is 4.79. The third-order valence-electron chi connectivity index (χ3n) is 5.47. The van der Waals surface area contributed by atoms with Crippen molar-refractivity contribution in [3.05, 3.63) is 46.9 Å². The molecule has 0 saturated carbocycles. The van der Waals surface area contributed by atoms with E-state index in [0.29, 0.717) is 6.04 Å². The van der Waals surface area contributed by atoms with E-state index in [1.807, 2.05) is 19.3 Å². The number of fused-ring (bicyclic) bond motifs is 1. The van der Waals surface area contributed by atoms with E-state index in [1.54, 1.807) is 11.3 Å². The van der Waals surface area contributed by atoms with E-state index in [2.05, 4.69) is 51.1 Å². The summed E-state index contributed by atoms with van der Waals surface area (Å²) < 4.78 is 0. The predicted molar refractivity (Wildman–Crippen MR) is 112 cm³/mol. The molecule has 6 heteroatoms. The Balaban J connectivity index is 1.74. The average molecular weight is 382 g/mol. The van der Waals surface area contributed by atoms with E-state index in [0.717, 1.165) is 36.1 Å². The Hall–Kier alpha value is -2.05. The van der Waals surface area contributed by atoms with Crippen molar-refractivity contribution in [3.8, 4) is 0 Å². The molecule has 142 valence electrons. The van der Waals surface area contributed by atoms with E-state index < -0.39 is 0 Å². The van der Waals surface area contributed by atoms with Crippen LogP contribution in [-0.4, -0.2) is 45.5 Å². The van der Waals surface area contributed by atoms with Gasteiger partial charge < -0.3 is 4.90 Å². The minimum Gasteiger partial charge on any atom is -0.350 e. The lowest BCUT2D eigenvalue weighted by atomic mass is 10.1. The SMILES string of the molecule is CCN1CCCC1CN(Cc1ccncc1)c1nc(C)nc2scc(C)c12. The van der Waals surface area contributed by atoms with Crippen LogP contribution in [0.15, 0.2) is 29.9 Å². The standard InChI is InChI=1S/C21H27N5S/c1-4-25-11-5-6-18(25)13-26(12-17-7-9-22-10-8-17)20-19-15(2)14-27-21(19)24-16(3)23-20/h7-10,14,18H,4-6,11-13H2,1-3H3. The van der Waals surface area contributed by atoms with Crippen LogP contribution >= 0.6 is 11.3 Å². The number of thiophene rings is 1. The lowest BCUT2D eigenvalue weighted by Crippen LogP contribution is -2.40. The number of hydrogen-bond acceptors (Lipinski definition) is 6. The fourth-order valence-corrected chi connectivity index (χ4v) is 5.06. The number of hydrogen-bond donors (Lipinski definition) is 0. The molecular weight excluding hydrogens is 354 g/mol. The van der Waals surface area contributed by atoms with Crippen molar-refractivity contribution in [1.29, 1.82) is 0 Å². The molecule has 1 aliphatic heterocycles. The molecule has 27 heavy (non-hydrogen) atoms. The van der Waals surface area contributed by atoms with E-state index in [4.69, 9.17) is 4.98 Å². The number of anilines is 1. The van der Waals surface area contributed by atoms with Crippen LogP contribution in [0.1, 0.15) is 36.7 Å². The molecule has 3 aromatic rings. The number of aromatic nitrogens is 3. The van der Waals surface area contributed by atoms with Crippen molar-refractivity contribution in [1.82, 2.24) is 19.9 Å². The molecule has 5 nitrogen and oxygen atoms in total. The van der Waals surface area contributed by atoms with Gasteiger partial charge in [-0.15, -0.1) is 11.3 Å². The van der Waals surface area contributed by atoms with Crippen molar-refractivity contribution < 1.29 is 0 Å². The second-order valence-electron chi connectivity index (χ2n) is 7.35. The molecule has 3 aromatic heterocycles. The van der Waals surface area contributed by atoms with Gasteiger partial charge in [-0.2, -0.15) is 0 Å². The Morgan fingerprint density at radius 3 is 2.81 bits per heavy atom. The summed E-state index contributed by atoms with van der Waals surface area (Å²) in [6.07, 6.45) is 6.30. The molecule has 0 N–H and O–H groups in total. The second-order valence-corrected chi connectivity index (χ2v) is 8.21. The number of rotatable bonds is 6. The Morgan fingerprint density at radius 2 is 2.04 bits per heavy atom. The molecule has 0 spiro atoms. The molecule has 1 aliphatic rings. The van der Waals surface area contributed by atoms with Crippen molar-refractivity contribution in [2.24, 2.45) is 0 Å². The van der Waals surface area contributed by atoms with E-state index in [9.17, 15) is 0 Å². The lowest BCUT2D eigenvalue weighted by Gasteiger charge is -2.31. The summed E-state index contributed by atoms with van der Waals surface area (Å²) in [4.78, 5) is 19.9. The smallest absolute Gasteiger partial charge is 0.141 e. The zero-order chi connectivity index (χ0) is 18.8. The molecule has 4 rings (SSSR count). The van der Waals surface area contributed by atoms with Gasteiger partial charge in [-0.05, 0) is 68.4 Å². The van der Waals surface area contributed by atoms with Crippen LogP contribution < -0.4 is 4.90 Å². The quantitative estimate of drug-likeness (QED) is 0.640. The molecule has 0 aliphatic carbocycles. The molecule has 1 fully saturated rings. The molecule has 0 aromatic carbocycles. The molecule has 0 radical (unpaired) electrons. The van der Waals surface area contributed by atoms with Gasteiger partial charge in [0, 0.05) is 31.5 Å². The highest BCUT2D eigenvalue weighted by Crippen LogP contribution is 2.33. The highest BCUT2D eigenvalue weighted by Gasteiger charge is 2.27. The first-order chi connectivity index (χ1) is 13.2. The van der Waals surface area contributed by atoms with Gasteiger partial charge in [0.15, 0.2) is 0 Å². The van der Waals surface area contributed by atoms with Crippen LogP contribution in [0.25, 0.3) is 10.2 Å². The Kier molecular flexibility index (Phi) is 5.36. The van der Waals surface area contributed by atoms with E-state index >= 15 is 0 Å². The van der Waals surface area contributed by atoms with Crippen LogP contribution in [0.2, 0.25) is 0 Å². The van der Waals surface area contributed by atoms with E-state index in [1.165, 1.54) is 35.9 Å². The summed E-state index contributed by atoms with van der Waals surface area (Å²) in [5.74, 6) is 1.92. The topological polar surface area (TPSA) is 45.2 Å². The number of likely N-dealkylation sites (tertiary alicyclic amines) is 1. The molecule has 1 saturated heterocycles. The third-order valence-corrected chi connectivity index (χ3v) is 6.46. The van der Waals surface area contributed by atoms with Gasteiger partial charge in [0.25, 0.3) is 0 Å². The number of pyridine rings is 1. The highest BCUT2D eigenvalue weighted by atomic mass is 32.1. The van der Waals surface area contributed by atoms with Crippen LogP contribution in [0, 0.1) is 13.8 Å². The number of nitrogens with zero attached hydrogens (tertiary/aromatic N) is 5. The molecule has 0 amide bonds. The molecule has 1 unspecified atom stereocenters. The minimum atomic E-state index is 0.584. The zero-order valence-electron chi connectivity index (χ0n) is 16.4. The predicted octanol–water partition coefficient (Wildman–Crippen LogP) is 4.19. The normalized spacial score (nSPS) is 17.7. The fourth-order valence-electron chi connectivity index (χ4n) is 4.10. The second kappa shape index (κ2) is 7.90. The van der Waals surface area contributed by atoms with Gasteiger partial charge in [0.2, 0.25) is 0 Å². The average Bonchev–Trinajstić information content (AvgIpc) is 3.28. The first kappa shape index (κ1) is 18.3. The van der Waals surface area contributed by atoms with Crippen molar-refractivity contribution >= 4 is 27.4 Å². The first-order valence-electron chi connectivity index (χ1n) is 9.76. The van der Waals surface area contributed by atoms with Crippen molar-refractivity contribution in [3.63, 3.8) is 0 Å². The molecule has 1 atom stereocenters. The Morgan fingerprint density at radius 1 is 1.22 bits per heavy atom. The van der Waals surface area contributed by atoms with Crippen molar-refractivity contribution in [2.45, 2.75) is 46.2 Å². The minimum absolute atomic E-state index is 0.584. The van der Waals surface area contributed by atoms with Gasteiger partial charge in [-0.1, -0.05) is 6.92 Å². The molecular formula is C21H27N5S. The van der Waals surface area contributed by atoms with Crippen molar-refractivity contribution in [2.75, 3.05) is 24.5 Å². The van der Waals surface area contributed by atoms with Gasteiger partial charge in [-0.25, -0.2) is 9.97 Å². The van der Waals surface area contributed by atoms with Crippen LogP contribution in [0.5, 0.6) is 0 Å². The maximum atomic E-state index is 4.91. The van der Waals surface area contributed by atoms with Gasteiger partial charge in [0.05, 0.1) is 5.39 Å². The summed E-state index contributed by atoms with van der Waals surface area (Å²) in [7, 11) is 0. The Bertz CT molecular complexity index is 908. The summed E-state index contributed by atoms with van der Waals surface area (Å²) in [5.41, 5.74) is 2.53.